The van der Waals surface area contributed by atoms with E-state index in [-0.39, 0.29) is 5.91 Å². The molecule has 0 spiro atoms. The van der Waals surface area contributed by atoms with E-state index >= 15 is 0 Å². The van der Waals surface area contributed by atoms with E-state index in [1.807, 2.05) is 42.5 Å². The number of para-hydroxylation sites is 2. The third-order valence-corrected chi connectivity index (χ3v) is 8.45. The third-order valence-electron chi connectivity index (χ3n) is 7.72. The van der Waals surface area contributed by atoms with E-state index in [9.17, 15) is 4.79 Å². The number of carbonyl (C=O) groups is 1. The number of hydrogen-bond donors (Lipinski definition) is 1. The molecule has 7 heteroatoms. The van der Waals surface area contributed by atoms with Crippen molar-refractivity contribution >= 4 is 40.4 Å². The summed E-state index contributed by atoms with van der Waals surface area (Å²) >= 11 is 12.7. The number of halogens is 2. The van der Waals surface area contributed by atoms with Gasteiger partial charge in [-0.25, -0.2) is 0 Å². The van der Waals surface area contributed by atoms with E-state index in [2.05, 4.69) is 52.5 Å². The maximum absolute atomic E-state index is 14.2. The normalized spacial score (nSPS) is 12.9. The number of benzene rings is 3. The lowest BCUT2D eigenvalue weighted by atomic mass is 9.95. The van der Waals surface area contributed by atoms with Crippen LogP contribution in [0.1, 0.15) is 40.0 Å². The van der Waals surface area contributed by atoms with Crippen LogP contribution in [0.4, 0.5) is 5.69 Å². The van der Waals surface area contributed by atoms with Crippen molar-refractivity contribution in [2.45, 2.75) is 39.7 Å². The Kier molecular flexibility index (Phi) is 6.66. The highest BCUT2D eigenvalue weighted by atomic mass is 35.5. The summed E-state index contributed by atoms with van der Waals surface area (Å²) in [6.45, 7) is 5.07. The highest BCUT2D eigenvalue weighted by Crippen LogP contribution is 2.41. The van der Waals surface area contributed by atoms with Crippen LogP contribution in [0.15, 0.2) is 66.9 Å². The summed E-state index contributed by atoms with van der Waals surface area (Å²) in [5, 5.41) is 4.16. The van der Waals surface area contributed by atoms with Crippen molar-refractivity contribution in [1.29, 1.82) is 0 Å². The average molecular weight is 559 g/mol. The van der Waals surface area contributed by atoms with Gasteiger partial charge in [-0.3, -0.25) is 9.20 Å². The quantitative estimate of drug-likeness (QED) is 0.235. The van der Waals surface area contributed by atoms with Gasteiger partial charge in [-0.15, -0.1) is 0 Å². The summed E-state index contributed by atoms with van der Waals surface area (Å²) in [5.41, 5.74) is 9.89. The van der Waals surface area contributed by atoms with Crippen LogP contribution in [0.3, 0.4) is 0 Å². The predicted molar refractivity (Wildman–Crippen MR) is 160 cm³/mol. The van der Waals surface area contributed by atoms with Crippen LogP contribution in [-0.4, -0.2) is 22.0 Å². The zero-order chi connectivity index (χ0) is 27.3. The first-order chi connectivity index (χ1) is 18.9. The Hall–Kier alpha value is -3.67. The van der Waals surface area contributed by atoms with Crippen LogP contribution < -0.4 is 10.1 Å². The molecule has 39 heavy (non-hydrogen) atoms. The number of carbonyl (C=O) groups excluding carboxylic acids is 1. The number of nitrogens with zero attached hydrogens (tertiary/aromatic N) is 2. The molecule has 1 aliphatic heterocycles. The Morgan fingerprint density at radius 1 is 0.923 bits per heavy atom. The fourth-order valence-electron chi connectivity index (χ4n) is 5.63. The molecule has 2 aromatic heterocycles. The van der Waals surface area contributed by atoms with Crippen LogP contribution >= 0.6 is 23.2 Å². The number of methoxy groups -OCH3 is 1. The van der Waals surface area contributed by atoms with Crippen molar-refractivity contribution in [3.8, 4) is 28.1 Å². The Morgan fingerprint density at radius 2 is 1.72 bits per heavy atom. The summed E-state index contributed by atoms with van der Waals surface area (Å²) < 4.78 is 9.91. The fourth-order valence-corrected chi connectivity index (χ4v) is 5.93. The molecular formula is C32H29Cl2N3O2. The van der Waals surface area contributed by atoms with Gasteiger partial charge in [-0.2, -0.15) is 0 Å². The number of amides is 1. The molecule has 3 heterocycles. The lowest BCUT2D eigenvalue weighted by Crippen LogP contribution is -2.16. The van der Waals surface area contributed by atoms with Crippen LogP contribution in [0.5, 0.6) is 5.75 Å². The molecule has 198 valence electrons. The van der Waals surface area contributed by atoms with Gasteiger partial charge in [0.05, 0.1) is 28.5 Å². The molecular weight excluding hydrogens is 529 g/mol. The fraction of sp³-hybridized carbons (Fsp3) is 0.219. The van der Waals surface area contributed by atoms with E-state index in [1.54, 1.807) is 7.11 Å². The van der Waals surface area contributed by atoms with Gasteiger partial charge in [0.15, 0.2) is 0 Å². The number of aromatic nitrogens is 2. The standard InChI is InChI=1S/C32H29Cl2N3O2/c1-19-11-12-22(16-20(19)2)29-23-8-6-7-15-36-27(21-13-14-24(33)25(34)17-21)18-37(32(23)36)30(29)31(38)35-26-9-4-5-10-28(26)39-3/h4-5,9-14,16-18H,6-8,15H2,1-3H3,(H,35,38). The number of hydrogen-bond acceptors (Lipinski definition) is 2. The highest BCUT2D eigenvalue weighted by Gasteiger charge is 2.30. The molecule has 1 N–H and O–H groups in total. The predicted octanol–water partition coefficient (Wildman–Crippen LogP) is 8.60. The van der Waals surface area contributed by atoms with Gasteiger partial charge in [0, 0.05) is 29.4 Å². The maximum Gasteiger partial charge on any atom is 0.273 e. The van der Waals surface area contributed by atoms with E-state index in [1.165, 1.54) is 16.7 Å². The summed E-state index contributed by atoms with van der Waals surface area (Å²) in [7, 11) is 1.61. The molecule has 0 saturated carbocycles. The van der Waals surface area contributed by atoms with Crippen molar-refractivity contribution in [2.75, 3.05) is 12.4 Å². The lowest BCUT2D eigenvalue weighted by Gasteiger charge is -2.13. The second-order valence-electron chi connectivity index (χ2n) is 10.1. The molecule has 0 aliphatic carbocycles. The highest BCUT2D eigenvalue weighted by molar-refractivity contribution is 6.42. The first-order valence-corrected chi connectivity index (χ1v) is 13.9. The molecule has 0 unspecified atom stereocenters. The average Bonchev–Trinajstić information content (AvgIpc) is 3.35. The van der Waals surface area contributed by atoms with Crippen molar-refractivity contribution in [3.05, 3.63) is 99.3 Å². The Morgan fingerprint density at radius 3 is 2.49 bits per heavy atom. The minimum atomic E-state index is -0.188. The summed E-state index contributed by atoms with van der Waals surface area (Å²) in [5.74, 6) is 0.425. The molecule has 5 aromatic rings. The molecule has 0 fully saturated rings. The van der Waals surface area contributed by atoms with Crippen molar-refractivity contribution in [1.82, 2.24) is 8.97 Å². The molecule has 5 nitrogen and oxygen atoms in total. The smallest absolute Gasteiger partial charge is 0.273 e. The second-order valence-corrected chi connectivity index (χ2v) is 10.9. The van der Waals surface area contributed by atoms with Gasteiger partial charge < -0.3 is 14.6 Å². The number of anilines is 1. The third kappa shape index (κ3) is 4.40. The van der Waals surface area contributed by atoms with Gasteiger partial charge in [0.25, 0.3) is 5.91 Å². The number of imidazole rings is 1. The lowest BCUT2D eigenvalue weighted by molar-refractivity contribution is 0.102. The van der Waals surface area contributed by atoms with Gasteiger partial charge in [0.2, 0.25) is 0 Å². The van der Waals surface area contributed by atoms with Crippen LogP contribution in [-0.2, 0) is 13.0 Å². The molecule has 1 aliphatic rings. The van der Waals surface area contributed by atoms with E-state index < -0.39 is 0 Å². The monoisotopic (exact) mass is 557 g/mol. The van der Waals surface area contributed by atoms with Crippen molar-refractivity contribution < 1.29 is 9.53 Å². The molecule has 3 aromatic carbocycles. The zero-order valence-electron chi connectivity index (χ0n) is 22.1. The maximum atomic E-state index is 14.2. The molecule has 6 rings (SSSR count). The Balaban J connectivity index is 1.62. The minimum Gasteiger partial charge on any atom is -0.495 e. The van der Waals surface area contributed by atoms with Crippen LogP contribution in [0.25, 0.3) is 28.0 Å². The summed E-state index contributed by atoms with van der Waals surface area (Å²) in [6, 6.07) is 19.6. The molecule has 0 saturated heterocycles. The van der Waals surface area contributed by atoms with Gasteiger partial charge in [0.1, 0.15) is 17.1 Å². The van der Waals surface area contributed by atoms with E-state index in [4.69, 9.17) is 27.9 Å². The van der Waals surface area contributed by atoms with Gasteiger partial charge >= 0.3 is 0 Å². The Bertz CT molecular complexity index is 1750. The SMILES string of the molecule is COc1ccccc1NC(=O)c1c(-c2ccc(C)c(C)c2)c2c3n(c(-c4ccc(Cl)c(Cl)c4)cn13)CCCC2. The first-order valence-electron chi connectivity index (χ1n) is 13.1. The van der Waals surface area contributed by atoms with Crippen LogP contribution in [0.2, 0.25) is 10.0 Å². The van der Waals surface area contributed by atoms with Crippen molar-refractivity contribution in [2.24, 2.45) is 0 Å². The second kappa shape index (κ2) is 10.1. The van der Waals surface area contributed by atoms with Gasteiger partial charge in [-0.05, 0) is 74.1 Å². The van der Waals surface area contributed by atoms with Gasteiger partial charge in [-0.1, -0.05) is 59.6 Å². The molecule has 0 atom stereocenters. The minimum absolute atomic E-state index is 0.188. The number of aryl methyl sites for hydroxylation is 4. The Labute approximate surface area is 237 Å². The first kappa shape index (κ1) is 25.6. The summed E-state index contributed by atoms with van der Waals surface area (Å²) in [4.78, 5) is 14.2. The number of ether oxygens (including phenoxy) is 1. The molecule has 1 amide bonds. The molecule has 0 bridgehead atoms. The largest absolute Gasteiger partial charge is 0.495 e. The number of nitrogens with one attached hydrogen (secondary N) is 1. The summed E-state index contributed by atoms with van der Waals surface area (Å²) in [6.07, 6.45) is 5.03. The van der Waals surface area contributed by atoms with Crippen molar-refractivity contribution in [3.63, 3.8) is 0 Å². The van der Waals surface area contributed by atoms with E-state index in [0.29, 0.717) is 27.2 Å². The molecule has 0 radical (unpaired) electrons. The number of rotatable bonds is 5. The topological polar surface area (TPSA) is 47.7 Å². The zero-order valence-corrected chi connectivity index (χ0v) is 23.7. The van der Waals surface area contributed by atoms with Crippen LogP contribution in [0, 0.1) is 13.8 Å². The van der Waals surface area contributed by atoms with E-state index in [0.717, 1.165) is 53.8 Å².